The Morgan fingerprint density at radius 3 is 2.15 bits per heavy atom. The van der Waals surface area contributed by atoms with Crippen LogP contribution in [0.4, 0.5) is 4.79 Å². The minimum absolute atomic E-state index is 0.139. The highest BCUT2D eigenvalue weighted by atomic mass is 127. The molecular weight excluding hydrogens is 447 g/mol. The first-order chi connectivity index (χ1) is 11.8. The van der Waals surface area contributed by atoms with Gasteiger partial charge in [0.05, 0.1) is 11.6 Å². The molecule has 0 N–H and O–H groups in total. The van der Waals surface area contributed by atoms with Crippen molar-refractivity contribution in [2.75, 3.05) is 6.54 Å². The molecule has 0 spiro atoms. The van der Waals surface area contributed by atoms with Gasteiger partial charge in [-0.25, -0.2) is 4.79 Å². The summed E-state index contributed by atoms with van der Waals surface area (Å²) in [6, 6.07) is 7.38. The van der Waals surface area contributed by atoms with Gasteiger partial charge in [-0.3, -0.25) is 9.69 Å². The highest BCUT2D eigenvalue weighted by Gasteiger charge is 2.26. The number of nitriles is 1. The third kappa shape index (κ3) is 8.52. The number of ether oxygens (including phenoxy) is 2. The van der Waals surface area contributed by atoms with Crippen molar-refractivity contribution in [3.05, 3.63) is 32.9 Å². The highest BCUT2D eigenvalue weighted by molar-refractivity contribution is 14.1. The standard InChI is InChI=1S/C19H25IN2O4/c1-18(2,3)25-16(23)12-22(17(24)26-19(4,5)6)11-14-7-13(10-21)8-15(20)9-14/h7-9H,11-12H2,1-6H3. The minimum atomic E-state index is -0.688. The molecule has 0 atom stereocenters. The summed E-state index contributed by atoms with van der Waals surface area (Å²) in [6.45, 7) is 10.5. The predicted molar refractivity (Wildman–Crippen MR) is 106 cm³/mol. The van der Waals surface area contributed by atoms with Gasteiger partial charge >= 0.3 is 12.1 Å². The Kier molecular flexibility index (Phi) is 7.45. The Bertz CT molecular complexity index is 712. The zero-order valence-corrected chi connectivity index (χ0v) is 18.2. The van der Waals surface area contributed by atoms with Gasteiger partial charge in [-0.15, -0.1) is 0 Å². The van der Waals surface area contributed by atoms with Gasteiger partial charge in [0, 0.05) is 10.1 Å². The number of halogens is 1. The lowest BCUT2D eigenvalue weighted by Gasteiger charge is -2.28. The lowest BCUT2D eigenvalue weighted by molar-refractivity contribution is -0.156. The Hall–Kier alpha value is -1.82. The van der Waals surface area contributed by atoms with E-state index in [9.17, 15) is 9.59 Å². The Labute approximate surface area is 168 Å². The van der Waals surface area contributed by atoms with E-state index in [1.807, 2.05) is 6.07 Å². The van der Waals surface area contributed by atoms with Crippen LogP contribution in [-0.2, 0) is 20.8 Å². The van der Waals surface area contributed by atoms with Gasteiger partial charge in [0.1, 0.15) is 17.7 Å². The first kappa shape index (κ1) is 22.2. The molecule has 0 unspecified atom stereocenters. The van der Waals surface area contributed by atoms with Crippen LogP contribution in [0, 0.1) is 14.9 Å². The number of nitrogens with zero attached hydrogens (tertiary/aromatic N) is 2. The minimum Gasteiger partial charge on any atom is -0.459 e. The van der Waals surface area contributed by atoms with Crippen molar-refractivity contribution in [1.29, 1.82) is 5.26 Å². The van der Waals surface area contributed by atoms with Crippen molar-refractivity contribution in [2.45, 2.75) is 59.3 Å². The van der Waals surface area contributed by atoms with E-state index in [-0.39, 0.29) is 13.1 Å². The van der Waals surface area contributed by atoms with Gasteiger partial charge in [0.25, 0.3) is 0 Å². The second-order valence-electron chi connectivity index (χ2n) is 7.88. The fourth-order valence-electron chi connectivity index (χ4n) is 2.07. The van der Waals surface area contributed by atoms with Crippen LogP contribution in [0.2, 0.25) is 0 Å². The van der Waals surface area contributed by atoms with Crippen LogP contribution in [0.15, 0.2) is 18.2 Å². The third-order valence-corrected chi connectivity index (χ3v) is 3.47. The van der Waals surface area contributed by atoms with Gasteiger partial charge in [0.2, 0.25) is 0 Å². The molecule has 1 rings (SSSR count). The molecule has 0 radical (unpaired) electrons. The summed E-state index contributed by atoms with van der Waals surface area (Å²) in [5.74, 6) is -0.519. The number of carbonyl (C=O) groups excluding carboxylic acids is 2. The molecule has 0 aromatic heterocycles. The normalized spacial score (nSPS) is 11.5. The molecule has 0 aliphatic heterocycles. The Balaban J connectivity index is 3.04. The van der Waals surface area contributed by atoms with Gasteiger partial charge in [-0.1, -0.05) is 0 Å². The van der Waals surface area contributed by atoms with Gasteiger partial charge in [-0.05, 0) is 87.9 Å². The summed E-state index contributed by atoms with van der Waals surface area (Å²) >= 11 is 2.11. The summed E-state index contributed by atoms with van der Waals surface area (Å²) < 4.78 is 11.6. The summed E-state index contributed by atoms with van der Waals surface area (Å²) in [5.41, 5.74) is -0.102. The lowest BCUT2D eigenvalue weighted by atomic mass is 10.1. The van der Waals surface area contributed by atoms with E-state index in [2.05, 4.69) is 28.7 Å². The molecule has 0 fully saturated rings. The van der Waals surface area contributed by atoms with Gasteiger partial charge in [-0.2, -0.15) is 5.26 Å². The van der Waals surface area contributed by atoms with Crippen LogP contribution in [0.25, 0.3) is 0 Å². The maximum Gasteiger partial charge on any atom is 0.411 e. The number of hydrogen-bond donors (Lipinski definition) is 0. The largest absolute Gasteiger partial charge is 0.459 e. The molecular formula is C19H25IN2O4. The van der Waals surface area contributed by atoms with E-state index in [0.717, 1.165) is 9.13 Å². The molecule has 6 nitrogen and oxygen atoms in total. The Morgan fingerprint density at radius 1 is 1.08 bits per heavy atom. The molecule has 0 bridgehead atoms. The van der Waals surface area contributed by atoms with Gasteiger partial charge < -0.3 is 9.47 Å². The molecule has 0 saturated heterocycles. The molecule has 1 aromatic carbocycles. The topological polar surface area (TPSA) is 79.6 Å². The summed E-state index contributed by atoms with van der Waals surface area (Å²) in [5, 5.41) is 9.12. The van der Waals surface area contributed by atoms with E-state index in [4.69, 9.17) is 14.7 Å². The molecule has 0 aliphatic carbocycles. The molecule has 1 amide bonds. The predicted octanol–water partition coefficient (Wildman–Crippen LogP) is 4.24. The maximum absolute atomic E-state index is 12.5. The average molecular weight is 472 g/mol. The van der Waals surface area contributed by atoms with Crippen LogP contribution in [0.5, 0.6) is 0 Å². The molecule has 7 heteroatoms. The lowest BCUT2D eigenvalue weighted by Crippen LogP contribution is -2.41. The summed E-state index contributed by atoms with van der Waals surface area (Å²) in [6.07, 6.45) is -0.610. The first-order valence-electron chi connectivity index (χ1n) is 8.18. The van der Waals surface area contributed by atoms with Gasteiger partial charge in [0.15, 0.2) is 0 Å². The van der Waals surface area contributed by atoms with Crippen LogP contribution >= 0.6 is 22.6 Å². The number of hydrogen-bond acceptors (Lipinski definition) is 5. The first-order valence-corrected chi connectivity index (χ1v) is 9.26. The Morgan fingerprint density at radius 2 is 1.65 bits per heavy atom. The third-order valence-electron chi connectivity index (χ3n) is 2.85. The zero-order chi connectivity index (χ0) is 20.1. The van der Waals surface area contributed by atoms with E-state index in [1.54, 1.807) is 53.7 Å². The fraction of sp³-hybridized carbons (Fsp3) is 0.526. The second-order valence-corrected chi connectivity index (χ2v) is 9.13. The SMILES string of the molecule is CC(C)(C)OC(=O)CN(Cc1cc(I)cc(C#N)c1)C(=O)OC(C)(C)C. The highest BCUT2D eigenvalue weighted by Crippen LogP contribution is 2.17. The molecule has 0 aliphatic rings. The van der Waals surface area contributed by atoms with Crippen LogP contribution < -0.4 is 0 Å². The molecule has 0 saturated carbocycles. The second kappa shape index (κ2) is 8.71. The van der Waals surface area contributed by atoms with Crippen molar-refractivity contribution >= 4 is 34.7 Å². The monoisotopic (exact) mass is 472 g/mol. The van der Waals surface area contributed by atoms with E-state index in [0.29, 0.717) is 5.56 Å². The number of rotatable bonds is 4. The molecule has 1 aromatic rings. The van der Waals surface area contributed by atoms with E-state index >= 15 is 0 Å². The van der Waals surface area contributed by atoms with Crippen molar-refractivity contribution in [3.63, 3.8) is 0 Å². The quantitative estimate of drug-likeness (QED) is 0.484. The van der Waals surface area contributed by atoms with Crippen molar-refractivity contribution in [1.82, 2.24) is 4.90 Å². The number of carbonyl (C=O) groups is 2. The molecule has 142 valence electrons. The van der Waals surface area contributed by atoms with Crippen molar-refractivity contribution in [2.24, 2.45) is 0 Å². The molecule has 26 heavy (non-hydrogen) atoms. The number of esters is 1. The zero-order valence-electron chi connectivity index (χ0n) is 16.1. The fourth-order valence-corrected chi connectivity index (χ4v) is 2.80. The number of amides is 1. The van der Waals surface area contributed by atoms with Crippen LogP contribution in [0.1, 0.15) is 52.7 Å². The maximum atomic E-state index is 12.5. The summed E-state index contributed by atoms with van der Waals surface area (Å²) in [4.78, 5) is 26.0. The summed E-state index contributed by atoms with van der Waals surface area (Å²) in [7, 11) is 0. The van der Waals surface area contributed by atoms with Crippen molar-refractivity contribution in [3.8, 4) is 6.07 Å². The van der Waals surface area contributed by atoms with E-state index in [1.165, 1.54) is 4.90 Å². The van der Waals surface area contributed by atoms with Crippen molar-refractivity contribution < 1.29 is 19.1 Å². The smallest absolute Gasteiger partial charge is 0.411 e. The average Bonchev–Trinajstić information content (AvgIpc) is 2.42. The van der Waals surface area contributed by atoms with Crippen LogP contribution in [0.3, 0.4) is 0 Å². The molecule has 0 heterocycles. The van der Waals surface area contributed by atoms with Crippen LogP contribution in [-0.4, -0.2) is 34.7 Å². The van der Waals surface area contributed by atoms with E-state index < -0.39 is 23.3 Å². The number of benzene rings is 1.